The minimum atomic E-state index is -4.00. The van der Waals surface area contributed by atoms with Gasteiger partial charge in [-0.3, -0.25) is 5.10 Å². The van der Waals surface area contributed by atoms with Crippen LogP contribution in [-0.4, -0.2) is 46.0 Å². The first-order chi connectivity index (χ1) is 9.34. The summed E-state index contributed by atoms with van der Waals surface area (Å²) in [6, 6.07) is 0. The average Bonchev–Trinajstić information content (AvgIpc) is 2.98. The van der Waals surface area contributed by atoms with Gasteiger partial charge < -0.3 is 5.11 Å². The number of hydrogen-bond donors (Lipinski definition) is 2. The van der Waals surface area contributed by atoms with E-state index in [2.05, 4.69) is 15.2 Å². The van der Waals surface area contributed by atoms with Crippen molar-refractivity contribution in [1.82, 2.24) is 19.5 Å². The molecule has 10 heteroatoms. The molecule has 2 aromatic heterocycles. The van der Waals surface area contributed by atoms with E-state index in [0.717, 1.165) is 4.31 Å². The molecule has 0 aromatic carbocycles. The molecule has 0 aliphatic heterocycles. The van der Waals surface area contributed by atoms with Gasteiger partial charge in [0.2, 0.25) is 5.03 Å². The van der Waals surface area contributed by atoms with Gasteiger partial charge >= 0.3 is 5.97 Å². The monoisotopic (exact) mass is 316 g/mol. The van der Waals surface area contributed by atoms with Crippen molar-refractivity contribution in [3.63, 3.8) is 0 Å². The van der Waals surface area contributed by atoms with Gasteiger partial charge in [0, 0.05) is 18.1 Å². The number of thiazole rings is 1. The Labute approximate surface area is 119 Å². The number of aromatic amines is 1. The zero-order valence-electron chi connectivity index (χ0n) is 10.7. The molecule has 2 N–H and O–H groups in total. The molecule has 0 spiro atoms. The molecule has 20 heavy (non-hydrogen) atoms. The maximum Gasteiger partial charge on any atom is 0.340 e. The van der Waals surface area contributed by atoms with E-state index in [4.69, 9.17) is 5.11 Å². The molecule has 2 rings (SSSR count). The highest BCUT2D eigenvalue weighted by Gasteiger charge is 2.31. The van der Waals surface area contributed by atoms with Crippen molar-refractivity contribution in [3.05, 3.63) is 27.8 Å². The summed E-state index contributed by atoms with van der Waals surface area (Å²) >= 11 is 1.35. The van der Waals surface area contributed by atoms with Gasteiger partial charge in [-0.25, -0.2) is 18.2 Å². The average molecular weight is 316 g/mol. The molecule has 0 atom stereocenters. The Balaban J connectivity index is 2.38. The summed E-state index contributed by atoms with van der Waals surface area (Å²) < 4.78 is 25.7. The fourth-order valence-electron chi connectivity index (χ4n) is 1.62. The summed E-state index contributed by atoms with van der Waals surface area (Å²) in [5.74, 6) is -1.34. The zero-order chi connectivity index (χ0) is 14.9. The third-order valence-corrected chi connectivity index (χ3v) is 5.02. The van der Waals surface area contributed by atoms with Crippen LogP contribution in [-0.2, 0) is 16.6 Å². The van der Waals surface area contributed by atoms with E-state index >= 15 is 0 Å². The second-order valence-electron chi connectivity index (χ2n) is 4.07. The van der Waals surface area contributed by atoms with Gasteiger partial charge in [0.25, 0.3) is 10.0 Å². The topological polar surface area (TPSA) is 116 Å². The lowest BCUT2D eigenvalue weighted by Gasteiger charge is -2.14. The molecule has 0 amide bonds. The SMILES string of the molecule is Cc1[nH]nc(S(=O)(=O)N(C)Cc2cscn2)c1C(=O)O. The van der Waals surface area contributed by atoms with Gasteiger partial charge in [-0.2, -0.15) is 9.40 Å². The highest BCUT2D eigenvalue weighted by molar-refractivity contribution is 7.89. The number of aromatic carboxylic acids is 1. The summed E-state index contributed by atoms with van der Waals surface area (Å²) in [5.41, 5.74) is 2.04. The number of nitrogens with zero attached hydrogens (tertiary/aromatic N) is 3. The minimum absolute atomic E-state index is 0.0524. The molecule has 0 fully saturated rings. The predicted molar refractivity (Wildman–Crippen MR) is 71.1 cm³/mol. The summed E-state index contributed by atoms with van der Waals surface area (Å²) in [6.07, 6.45) is 0. The summed E-state index contributed by atoms with van der Waals surface area (Å²) in [4.78, 5) is 15.1. The van der Waals surface area contributed by atoms with E-state index in [0.29, 0.717) is 5.69 Å². The Bertz CT molecular complexity index is 721. The molecular formula is C10H12N4O4S2. The van der Waals surface area contributed by atoms with Crippen LogP contribution >= 0.6 is 11.3 Å². The number of H-pyrrole nitrogens is 1. The number of rotatable bonds is 5. The van der Waals surface area contributed by atoms with Crippen LogP contribution in [0.1, 0.15) is 21.7 Å². The standard InChI is InChI=1S/C10H12N4O4S2/c1-6-8(10(15)16)9(13-12-6)20(17,18)14(2)3-7-4-19-5-11-7/h4-5H,3H2,1-2H3,(H,12,13)(H,15,16). The highest BCUT2D eigenvalue weighted by Crippen LogP contribution is 2.21. The quantitative estimate of drug-likeness (QED) is 0.838. The number of carboxylic acid groups (broad SMARTS) is 1. The number of aromatic nitrogens is 3. The van der Waals surface area contributed by atoms with E-state index in [9.17, 15) is 13.2 Å². The third kappa shape index (κ3) is 2.57. The first-order valence-corrected chi connectivity index (χ1v) is 7.84. The van der Waals surface area contributed by atoms with Crippen LogP contribution in [0.2, 0.25) is 0 Å². The summed E-state index contributed by atoms with van der Waals surface area (Å²) in [5, 5.41) is 16.3. The molecule has 2 aromatic rings. The Morgan fingerprint density at radius 1 is 1.55 bits per heavy atom. The van der Waals surface area contributed by atoms with Gasteiger partial charge in [0.1, 0.15) is 5.56 Å². The smallest absolute Gasteiger partial charge is 0.340 e. The lowest BCUT2D eigenvalue weighted by atomic mass is 10.3. The van der Waals surface area contributed by atoms with Crippen LogP contribution in [0.4, 0.5) is 0 Å². The molecule has 0 saturated heterocycles. The van der Waals surface area contributed by atoms with Gasteiger partial charge in [0.15, 0.2) is 0 Å². The van der Waals surface area contributed by atoms with Crippen molar-refractivity contribution >= 4 is 27.3 Å². The number of carbonyl (C=O) groups is 1. The molecule has 2 heterocycles. The van der Waals surface area contributed by atoms with E-state index in [1.165, 1.54) is 25.3 Å². The Morgan fingerprint density at radius 3 is 2.80 bits per heavy atom. The highest BCUT2D eigenvalue weighted by atomic mass is 32.2. The zero-order valence-corrected chi connectivity index (χ0v) is 12.3. The molecule has 0 radical (unpaired) electrons. The number of sulfonamides is 1. The van der Waals surface area contributed by atoms with Crippen molar-refractivity contribution in [2.24, 2.45) is 0 Å². The van der Waals surface area contributed by atoms with Crippen molar-refractivity contribution in [2.75, 3.05) is 7.05 Å². The summed E-state index contributed by atoms with van der Waals surface area (Å²) in [7, 11) is -2.64. The van der Waals surface area contributed by atoms with Gasteiger partial charge in [-0.15, -0.1) is 11.3 Å². The van der Waals surface area contributed by atoms with E-state index in [1.54, 1.807) is 10.9 Å². The minimum Gasteiger partial charge on any atom is -0.478 e. The van der Waals surface area contributed by atoms with E-state index < -0.39 is 21.0 Å². The molecule has 0 unspecified atom stereocenters. The van der Waals surface area contributed by atoms with Crippen LogP contribution < -0.4 is 0 Å². The lowest BCUT2D eigenvalue weighted by molar-refractivity contribution is 0.0691. The molecule has 0 saturated carbocycles. The number of carboxylic acids is 1. The fourth-order valence-corrected chi connectivity index (χ4v) is 3.43. The van der Waals surface area contributed by atoms with Crippen LogP contribution in [0.5, 0.6) is 0 Å². The normalized spacial score (nSPS) is 11.9. The molecule has 0 aliphatic rings. The van der Waals surface area contributed by atoms with Crippen LogP contribution in [0.3, 0.4) is 0 Å². The van der Waals surface area contributed by atoms with Crippen LogP contribution in [0.25, 0.3) is 0 Å². The molecular weight excluding hydrogens is 304 g/mol. The Kier molecular flexibility index (Phi) is 3.88. The van der Waals surface area contributed by atoms with Crippen molar-refractivity contribution in [3.8, 4) is 0 Å². The van der Waals surface area contributed by atoms with E-state index in [-0.39, 0.29) is 17.8 Å². The van der Waals surface area contributed by atoms with Crippen molar-refractivity contribution in [1.29, 1.82) is 0 Å². The molecule has 8 nitrogen and oxygen atoms in total. The first kappa shape index (κ1) is 14.6. The maximum absolute atomic E-state index is 12.4. The Morgan fingerprint density at radius 2 is 2.25 bits per heavy atom. The number of nitrogens with one attached hydrogen (secondary N) is 1. The second kappa shape index (κ2) is 5.31. The third-order valence-electron chi connectivity index (χ3n) is 2.65. The predicted octanol–water partition coefficient (Wildman–Crippen LogP) is 0.694. The van der Waals surface area contributed by atoms with Gasteiger partial charge in [0.05, 0.1) is 17.7 Å². The lowest BCUT2D eigenvalue weighted by Crippen LogP contribution is -2.28. The maximum atomic E-state index is 12.4. The molecule has 0 bridgehead atoms. The fraction of sp³-hybridized carbons (Fsp3) is 0.300. The van der Waals surface area contributed by atoms with Crippen LogP contribution in [0.15, 0.2) is 15.9 Å². The van der Waals surface area contributed by atoms with Crippen LogP contribution in [0, 0.1) is 6.92 Å². The van der Waals surface area contributed by atoms with Gasteiger partial charge in [-0.05, 0) is 6.92 Å². The second-order valence-corrected chi connectivity index (χ2v) is 6.75. The Hall–Kier alpha value is -1.78. The summed E-state index contributed by atoms with van der Waals surface area (Å²) in [6.45, 7) is 1.51. The number of aryl methyl sites for hydroxylation is 1. The number of hydrogen-bond acceptors (Lipinski definition) is 6. The van der Waals surface area contributed by atoms with Gasteiger partial charge in [-0.1, -0.05) is 0 Å². The first-order valence-electron chi connectivity index (χ1n) is 5.45. The van der Waals surface area contributed by atoms with E-state index in [1.807, 2.05) is 0 Å². The van der Waals surface area contributed by atoms with Crippen molar-refractivity contribution < 1.29 is 18.3 Å². The largest absolute Gasteiger partial charge is 0.478 e. The van der Waals surface area contributed by atoms with Crippen molar-refractivity contribution in [2.45, 2.75) is 18.5 Å². The molecule has 108 valence electrons. The molecule has 0 aliphatic carbocycles.